The second-order valence-electron chi connectivity index (χ2n) is 3.36. The summed E-state index contributed by atoms with van der Waals surface area (Å²) in [6, 6.07) is 2.00. The lowest BCUT2D eigenvalue weighted by Gasteiger charge is -2.10. The van der Waals surface area contributed by atoms with E-state index in [9.17, 15) is 0 Å². The van der Waals surface area contributed by atoms with Crippen LogP contribution in [0.1, 0.15) is 31.7 Å². The first kappa shape index (κ1) is 11.4. The van der Waals surface area contributed by atoms with Gasteiger partial charge in [0.15, 0.2) is 5.49 Å². The number of rotatable bonds is 4. The molecule has 0 N–H and O–H groups in total. The Hall–Kier alpha value is -1.64. The van der Waals surface area contributed by atoms with Gasteiger partial charge in [0, 0.05) is 24.2 Å². The SMILES string of the molecule is C=C/N=c1/c(C(C)CC)ccnn1C=C. The third kappa shape index (κ3) is 2.43. The fourth-order valence-electron chi connectivity index (χ4n) is 1.41. The van der Waals surface area contributed by atoms with E-state index in [-0.39, 0.29) is 0 Å². The van der Waals surface area contributed by atoms with Crippen LogP contribution in [0, 0.1) is 0 Å². The summed E-state index contributed by atoms with van der Waals surface area (Å²) in [5.41, 5.74) is 1.99. The molecule has 0 bridgehead atoms. The summed E-state index contributed by atoms with van der Waals surface area (Å²) >= 11 is 0. The molecule has 0 aliphatic carbocycles. The number of aromatic nitrogens is 2. The number of nitrogens with zero attached hydrogens (tertiary/aromatic N) is 3. The van der Waals surface area contributed by atoms with E-state index >= 15 is 0 Å². The predicted octanol–water partition coefficient (Wildman–Crippen LogP) is 2.54. The van der Waals surface area contributed by atoms with E-state index in [0.29, 0.717) is 5.92 Å². The lowest BCUT2D eigenvalue weighted by molar-refractivity contribution is 0.691. The van der Waals surface area contributed by atoms with Crippen LogP contribution in [0.3, 0.4) is 0 Å². The van der Waals surface area contributed by atoms with E-state index < -0.39 is 0 Å². The Morgan fingerprint density at radius 2 is 2.33 bits per heavy atom. The highest BCUT2D eigenvalue weighted by molar-refractivity contribution is 5.20. The number of hydrogen-bond donors (Lipinski definition) is 0. The Kier molecular flexibility index (Phi) is 4.03. The Morgan fingerprint density at radius 3 is 2.87 bits per heavy atom. The van der Waals surface area contributed by atoms with Crippen LogP contribution >= 0.6 is 0 Å². The molecular formula is C12H17N3. The maximum atomic E-state index is 4.24. The first-order valence-corrected chi connectivity index (χ1v) is 5.09. The molecule has 3 nitrogen and oxygen atoms in total. The Bertz CT molecular complexity index is 415. The molecule has 0 spiro atoms. The van der Waals surface area contributed by atoms with Gasteiger partial charge in [-0.1, -0.05) is 27.0 Å². The third-order valence-electron chi connectivity index (χ3n) is 2.45. The molecule has 0 fully saturated rings. The highest BCUT2D eigenvalue weighted by Gasteiger charge is 2.07. The molecule has 1 aromatic heterocycles. The van der Waals surface area contributed by atoms with Gasteiger partial charge in [-0.3, -0.25) is 0 Å². The zero-order chi connectivity index (χ0) is 11.3. The van der Waals surface area contributed by atoms with Crippen molar-refractivity contribution < 1.29 is 0 Å². The smallest absolute Gasteiger partial charge is 0.156 e. The van der Waals surface area contributed by atoms with E-state index in [0.717, 1.165) is 11.9 Å². The minimum absolute atomic E-state index is 0.456. The van der Waals surface area contributed by atoms with Crippen molar-refractivity contribution in [2.45, 2.75) is 26.2 Å². The molecule has 1 rings (SSSR count). The molecule has 0 amide bonds. The number of hydrogen-bond acceptors (Lipinski definition) is 2. The molecule has 0 saturated heterocycles. The summed E-state index contributed by atoms with van der Waals surface area (Å²) in [5.74, 6) is 0.456. The highest BCUT2D eigenvalue weighted by Crippen LogP contribution is 2.13. The Balaban J connectivity index is 3.45. The largest absolute Gasteiger partial charge is 0.237 e. The molecule has 0 aliphatic rings. The average Bonchev–Trinajstić information content (AvgIpc) is 2.28. The van der Waals surface area contributed by atoms with Crippen LogP contribution in [0.15, 0.2) is 36.6 Å². The molecule has 15 heavy (non-hydrogen) atoms. The van der Waals surface area contributed by atoms with Crippen molar-refractivity contribution in [3.05, 3.63) is 42.7 Å². The second-order valence-corrected chi connectivity index (χ2v) is 3.36. The van der Waals surface area contributed by atoms with Crippen LogP contribution in [-0.2, 0) is 0 Å². The summed E-state index contributed by atoms with van der Waals surface area (Å²) in [4.78, 5) is 4.24. The molecular weight excluding hydrogens is 186 g/mol. The van der Waals surface area contributed by atoms with Gasteiger partial charge in [0.2, 0.25) is 0 Å². The summed E-state index contributed by atoms with van der Waals surface area (Å²) < 4.78 is 1.67. The molecule has 0 aromatic carbocycles. The van der Waals surface area contributed by atoms with Crippen LogP contribution in [0.25, 0.3) is 6.20 Å². The average molecular weight is 203 g/mol. The van der Waals surface area contributed by atoms with Gasteiger partial charge in [-0.2, -0.15) is 5.10 Å². The van der Waals surface area contributed by atoms with Crippen molar-refractivity contribution in [3.63, 3.8) is 0 Å². The Labute approximate surface area is 90.5 Å². The van der Waals surface area contributed by atoms with Crippen molar-refractivity contribution in [3.8, 4) is 0 Å². The zero-order valence-corrected chi connectivity index (χ0v) is 9.35. The van der Waals surface area contributed by atoms with Gasteiger partial charge < -0.3 is 0 Å². The lowest BCUT2D eigenvalue weighted by atomic mass is 10.0. The van der Waals surface area contributed by atoms with Crippen LogP contribution < -0.4 is 5.49 Å². The van der Waals surface area contributed by atoms with Crippen molar-refractivity contribution in [2.24, 2.45) is 4.99 Å². The first-order valence-electron chi connectivity index (χ1n) is 5.09. The highest BCUT2D eigenvalue weighted by atomic mass is 15.3. The Morgan fingerprint density at radius 1 is 1.60 bits per heavy atom. The third-order valence-corrected chi connectivity index (χ3v) is 2.45. The van der Waals surface area contributed by atoms with E-state index in [4.69, 9.17) is 0 Å². The van der Waals surface area contributed by atoms with Gasteiger partial charge in [-0.15, -0.1) is 0 Å². The maximum absolute atomic E-state index is 4.24. The summed E-state index contributed by atoms with van der Waals surface area (Å²) in [5, 5.41) is 4.15. The van der Waals surface area contributed by atoms with Crippen molar-refractivity contribution in [2.75, 3.05) is 0 Å². The van der Waals surface area contributed by atoms with E-state index in [1.54, 1.807) is 17.1 Å². The minimum atomic E-state index is 0.456. The molecule has 3 heteroatoms. The van der Waals surface area contributed by atoms with Crippen molar-refractivity contribution in [1.82, 2.24) is 9.78 Å². The molecule has 1 atom stereocenters. The fraction of sp³-hybridized carbons (Fsp3) is 0.333. The zero-order valence-electron chi connectivity index (χ0n) is 9.35. The molecule has 80 valence electrons. The normalized spacial score (nSPS) is 13.6. The topological polar surface area (TPSA) is 30.2 Å². The summed E-state index contributed by atoms with van der Waals surface area (Å²) in [6.07, 6.45) is 6.02. The van der Waals surface area contributed by atoms with Crippen LogP contribution in [0.2, 0.25) is 0 Å². The van der Waals surface area contributed by atoms with E-state index in [1.807, 2.05) is 6.07 Å². The van der Waals surface area contributed by atoms with E-state index in [2.05, 4.69) is 37.1 Å². The van der Waals surface area contributed by atoms with Gasteiger partial charge in [0.05, 0.1) is 0 Å². The molecule has 0 saturated carbocycles. The summed E-state index contributed by atoms with van der Waals surface area (Å²) in [7, 11) is 0. The van der Waals surface area contributed by atoms with Crippen molar-refractivity contribution >= 4 is 6.20 Å². The lowest BCUT2D eigenvalue weighted by Crippen LogP contribution is -2.24. The quantitative estimate of drug-likeness (QED) is 0.739. The van der Waals surface area contributed by atoms with Gasteiger partial charge in [-0.05, 0) is 18.4 Å². The molecule has 0 radical (unpaired) electrons. The minimum Gasteiger partial charge on any atom is -0.237 e. The monoisotopic (exact) mass is 203 g/mol. The van der Waals surface area contributed by atoms with Gasteiger partial charge in [-0.25, -0.2) is 9.67 Å². The van der Waals surface area contributed by atoms with Crippen LogP contribution in [0.5, 0.6) is 0 Å². The van der Waals surface area contributed by atoms with Gasteiger partial charge in [0.25, 0.3) is 0 Å². The molecule has 1 aromatic rings. The second kappa shape index (κ2) is 5.29. The van der Waals surface area contributed by atoms with E-state index in [1.165, 1.54) is 11.8 Å². The van der Waals surface area contributed by atoms with Gasteiger partial charge >= 0.3 is 0 Å². The summed E-state index contributed by atoms with van der Waals surface area (Å²) in [6.45, 7) is 11.6. The molecule has 1 heterocycles. The van der Waals surface area contributed by atoms with Crippen LogP contribution in [-0.4, -0.2) is 9.78 Å². The molecule has 1 unspecified atom stereocenters. The van der Waals surface area contributed by atoms with Crippen molar-refractivity contribution in [1.29, 1.82) is 0 Å². The maximum Gasteiger partial charge on any atom is 0.156 e. The molecule has 0 aliphatic heterocycles. The standard InChI is InChI=1S/C12H17N3/c1-5-10(4)11-8-9-14-15(7-3)12(11)13-6-2/h6-10H,2-3,5H2,1,4H3/b13-12-. The van der Waals surface area contributed by atoms with Gasteiger partial charge in [0.1, 0.15) is 0 Å². The first-order chi connectivity index (χ1) is 7.24. The fourth-order valence-corrected chi connectivity index (χ4v) is 1.41. The predicted molar refractivity (Wildman–Crippen MR) is 63.1 cm³/mol. The van der Waals surface area contributed by atoms with Crippen LogP contribution in [0.4, 0.5) is 0 Å².